The van der Waals surface area contributed by atoms with Crippen molar-refractivity contribution >= 4 is 17.7 Å². The van der Waals surface area contributed by atoms with Gasteiger partial charge in [-0.25, -0.2) is 0 Å². The second kappa shape index (κ2) is 10.5. The van der Waals surface area contributed by atoms with Crippen LogP contribution in [0.25, 0.3) is 11.6 Å². The first kappa shape index (κ1) is 21.5. The van der Waals surface area contributed by atoms with Gasteiger partial charge in [0.2, 0.25) is 5.91 Å². The summed E-state index contributed by atoms with van der Waals surface area (Å²) in [6.45, 7) is 7.46. The van der Waals surface area contributed by atoms with Gasteiger partial charge in [-0.2, -0.15) is 0 Å². The normalized spacial score (nSPS) is 14.7. The molecule has 3 aromatic rings. The van der Waals surface area contributed by atoms with Gasteiger partial charge < -0.3 is 14.1 Å². The van der Waals surface area contributed by atoms with E-state index in [-0.39, 0.29) is 5.91 Å². The summed E-state index contributed by atoms with van der Waals surface area (Å²) < 4.78 is 13.2. The zero-order valence-electron chi connectivity index (χ0n) is 17.6. The van der Waals surface area contributed by atoms with Crippen molar-refractivity contribution in [2.45, 2.75) is 18.6 Å². The molecule has 1 fully saturated rings. The largest absolute Gasteiger partial charge is 0.492 e. The Labute approximate surface area is 186 Å². The van der Waals surface area contributed by atoms with E-state index in [4.69, 9.17) is 9.15 Å². The van der Waals surface area contributed by atoms with Crippen LogP contribution in [0.4, 0.5) is 0 Å². The van der Waals surface area contributed by atoms with Crippen LogP contribution in [0.5, 0.6) is 5.75 Å². The minimum absolute atomic E-state index is 0.135. The molecule has 9 heteroatoms. The smallest absolute Gasteiger partial charge is 0.233 e. The van der Waals surface area contributed by atoms with Gasteiger partial charge in [0.15, 0.2) is 16.7 Å². The number of amides is 1. The van der Waals surface area contributed by atoms with Gasteiger partial charge in [0.1, 0.15) is 12.4 Å². The van der Waals surface area contributed by atoms with E-state index in [1.54, 1.807) is 6.26 Å². The Morgan fingerprint density at radius 1 is 1.10 bits per heavy atom. The van der Waals surface area contributed by atoms with E-state index in [0.717, 1.165) is 43.6 Å². The molecule has 1 aliphatic rings. The van der Waals surface area contributed by atoms with E-state index in [1.807, 2.05) is 58.9 Å². The molecule has 0 N–H and O–H groups in total. The first-order valence-corrected chi connectivity index (χ1v) is 11.5. The molecular weight excluding hydrogens is 414 g/mol. The number of furan rings is 1. The SMILES string of the molecule is CCn1c(SCC(=O)N2CCN(CCOc3ccccc3)CC2)nnc1-c1ccco1. The first-order valence-electron chi connectivity index (χ1n) is 10.5. The van der Waals surface area contributed by atoms with Crippen LogP contribution in [0, 0.1) is 0 Å². The maximum absolute atomic E-state index is 12.7. The fraction of sp³-hybridized carbons (Fsp3) is 0.409. The molecule has 0 spiro atoms. The predicted molar refractivity (Wildman–Crippen MR) is 119 cm³/mol. The fourth-order valence-electron chi connectivity index (χ4n) is 3.52. The number of hydrogen-bond donors (Lipinski definition) is 0. The van der Waals surface area contributed by atoms with Crippen molar-refractivity contribution in [1.29, 1.82) is 0 Å². The van der Waals surface area contributed by atoms with Gasteiger partial charge in [-0.05, 0) is 31.2 Å². The molecule has 0 unspecified atom stereocenters. The van der Waals surface area contributed by atoms with Gasteiger partial charge in [0.05, 0.1) is 12.0 Å². The van der Waals surface area contributed by atoms with Gasteiger partial charge in [0.25, 0.3) is 0 Å². The van der Waals surface area contributed by atoms with Crippen LogP contribution in [0.3, 0.4) is 0 Å². The number of carbonyl (C=O) groups is 1. The average Bonchev–Trinajstić information content (AvgIpc) is 3.48. The highest BCUT2D eigenvalue weighted by Crippen LogP contribution is 2.24. The summed E-state index contributed by atoms with van der Waals surface area (Å²) in [6.07, 6.45) is 1.62. The lowest BCUT2D eigenvalue weighted by Crippen LogP contribution is -2.50. The lowest BCUT2D eigenvalue weighted by Gasteiger charge is -2.34. The predicted octanol–water partition coefficient (Wildman–Crippen LogP) is 2.87. The van der Waals surface area contributed by atoms with Crippen LogP contribution < -0.4 is 4.74 Å². The second-order valence-electron chi connectivity index (χ2n) is 7.20. The monoisotopic (exact) mass is 441 g/mol. The summed E-state index contributed by atoms with van der Waals surface area (Å²) in [5.41, 5.74) is 0. The zero-order valence-corrected chi connectivity index (χ0v) is 18.5. The fourth-order valence-corrected chi connectivity index (χ4v) is 4.42. The summed E-state index contributed by atoms with van der Waals surface area (Å²) in [5, 5.41) is 9.22. The summed E-state index contributed by atoms with van der Waals surface area (Å²) >= 11 is 1.43. The van der Waals surface area contributed by atoms with Crippen LogP contribution in [0.15, 0.2) is 58.3 Å². The van der Waals surface area contributed by atoms with Crippen molar-refractivity contribution in [2.24, 2.45) is 0 Å². The number of nitrogens with zero attached hydrogens (tertiary/aromatic N) is 5. The van der Waals surface area contributed by atoms with Crippen LogP contribution in [-0.2, 0) is 11.3 Å². The number of rotatable bonds is 9. The summed E-state index contributed by atoms with van der Waals surface area (Å²) in [5.74, 6) is 2.75. The Bertz CT molecular complexity index is 953. The van der Waals surface area contributed by atoms with Crippen molar-refractivity contribution in [2.75, 3.05) is 45.1 Å². The van der Waals surface area contributed by atoms with E-state index in [1.165, 1.54) is 11.8 Å². The van der Waals surface area contributed by atoms with Crippen molar-refractivity contribution in [3.63, 3.8) is 0 Å². The molecular formula is C22H27N5O3S. The number of ether oxygens (including phenoxy) is 1. The molecule has 1 amide bonds. The minimum atomic E-state index is 0.135. The zero-order chi connectivity index (χ0) is 21.5. The molecule has 0 radical (unpaired) electrons. The van der Waals surface area contributed by atoms with Crippen LogP contribution >= 0.6 is 11.8 Å². The van der Waals surface area contributed by atoms with Crippen molar-refractivity contribution in [3.05, 3.63) is 48.7 Å². The van der Waals surface area contributed by atoms with Gasteiger partial charge in [-0.15, -0.1) is 10.2 Å². The van der Waals surface area contributed by atoms with Crippen molar-refractivity contribution < 1.29 is 13.9 Å². The van der Waals surface area contributed by atoms with Crippen molar-refractivity contribution in [1.82, 2.24) is 24.6 Å². The van der Waals surface area contributed by atoms with E-state index in [9.17, 15) is 4.79 Å². The third-order valence-corrected chi connectivity index (χ3v) is 6.20. The molecule has 0 aliphatic carbocycles. The molecule has 31 heavy (non-hydrogen) atoms. The molecule has 2 aromatic heterocycles. The molecule has 4 rings (SSSR count). The van der Waals surface area contributed by atoms with Gasteiger partial charge >= 0.3 is 0 Å². The Balaban J connectivity index is 1.21. The number of aromatic nitrogens is 3. The van der Waals surface area contributed by atoms with Crippen LogP contribution in [-0.4, -0.2) is 75.6 Å². The molecule has 1 saturated heterocycles. The molecule has 1 aliphatic heterocycles. The second-order valence-corrected chi connectivity index (χ2v) is 8.14. The summed E-state index contributed by atoms with van der Waals surface area (Å²) in [4.78, 5) is 17.0. The lowest BCUT2D eigenvalue weighted by molar-refractivity contribution is -0.130. The number of hydrogen-bond acceptors (Lipinski definition) is 7. The molecule has 0 saturated carbocycles. The number of thioether (sulfide) groups is 1. The molecule has 164 valence electrons. The number of benzene rings is 1. The molecule has 0 bridgehead atoms. The Hall–Kier alpha value is -2.78. The molecule has 0 atom stereocenters. The van der Waals surface area contributed by atoms with E-state index >= 15 is 0 Å². The third kappa shape index (κ3) is 5.48. The highest BCUT2D eigenvalue weighted by atomic mass is 32.2. The number of carbonyl (C=O) groups excluding carboxylic acids is 1. The highest BCUT2D eigenvalue weighted by molar-refractivity contribution is 7.99. The van der Waals surface area contributed by atoms with Gasteiger partial charge in [-0.1, -0.05) is 30.0 Å². The third-order valence-electron chi connectivity index (χ3n) is 5.24. The Kier molecular flexibility index (Phi) is 7.26. The Morgan fingerprint density at radius 2 is 1.90 bits per heavy atom. The standard InChI is InChI=1S/C22H27N5O3S/c1-2-27-21(19-9-6-15-30-19)23-24-22(27)31-17-20(28)26-12-10-25(11-13-26)14-16-29-18-7-4-3-5-8-18/h3-9,15H,2,10-14,16-17H2,1H3. The minimum Gasteiger partial charge on any atom is -0.492 e. The first-order chi connectivity index (χ1) is 15.2. The summed E-state index contributed by atoms with van der Waals surface area (Å²) in [6, 6.07) is 13.5. The van der Waals surface area contributed by atoms with E-state index in [0.29, 0.717) is 30.5 Å². The van der Waals surface area contributed by atoms with Crippen LogP contribution in [0.2, 0.25) is 0 Å². The Morgan fingerprint density at radius 3 is 2.61 bits per heavy atom. The molecule has 8 nitrogen and oxygen atoms in total. The lowest BCUT2D eigenvalue weighted by atomic mass is 10.3. The maximum Gasteiger partial charge on any atom is 0.233 e. The summed E-state index contributed by atoms with van der Waals surface area (Å²) in [7, 11) is 0. The topological polar surface area (TPSA) is 76.6 Å². The van der Waals surface area contributed by atoms with Crippen molar-refractivity contribution in [3.8, 4) is 17.3 Å². The number of piperazine rings is 1. The van der Waals surface area contributed by atoms with Gasteiger partial charge in [-0.3, -0.25) is 14.3 Å². The highest BCUT2D eigenvalue weighted by Gasteiger charge is 2.22. The maximum atomic E-state index is 12.7. The van der Waals surface area contributed by atoms with Crippen LogP contribution in [0.1, 0.15) is 6.92 Å². The molecule has 3 heterocycles. The number of para-hydroxylation sites is 1. The molecule has 1 aromatic carbocycles. The van der Waals surface area contributed by atoms with E-state index < -0.39 is 0 Å². The van der Waals surface area contributed by atoms with E-state index in [2.05, 4.69) is 15.1 Å². The quantitative estimate of drug-likeness (QED) is 0.473. The average molecular weight is 442 g/mol. The van der Waals surface area contributed by atoms with Gasteiger partial charge in [0, 0.05) is 39.3 Å².